The number of para-hydroxylation sites is 1. The summed E-state index contributed by atoms with van der Waals surface area (Å²) in [5, 5.41) is 6.84. The van der Waals surface area contributed by atoms with Crippen LogP contribution in [-0.2, 0) is 13.5 Å². The van der Waals surface area contributed by atoms with Crippen molar-refractivity contribution in [3.63, 3.8) is 0 Å². The minimum absolute atomic E-state index is 0.195. The smallest absolute Gasteiger partial charge is 0.319 e. The van der Waals surface area contributed by atoms with E-state index in [0.29, 0.717) is 6.54 Å². The molecule has 1 heterocycles. The highest BCUT2D eigenvalue weighted by Crippen LogP contribution is 2.24. The van der Waals surface area contributed by atoms with Gasteiger partial charge in [-0.1, -0.05) is 30.3 Å². The van der Waals surface area contributed by atoms with Crippen molar-refractivity contribution in [3.05, 3.63) is 60.3 Å². The number of nitrogens with one attached hydrogen (secondary N) is 2. The SMILES string of the molecule is COc1ccc(CCNC(=O)Nc2cn(C)c3ccccc23)cc1. The fraction of sp³-hybridized carbons (Fsp3) is 0.211. The number of ether oxygens (including phenoxy) is 1. The minimum Gasteiger partial charge on any atom is -0.497 e. The lowest BCUT2D eigenvalue weighted by Crippen LogP contribution is -2.30. The molecule has 0 saturated carbocycles. The Morgan fingerprint density at radius 2 is 1.88 bits per heavy atom. The van der Waals surface area contributed by atoms with Crippen LogP contribution in [0.15, 0.2) is 54.7 Å². The monoisotopic (exact) mass is 323 g/mol. The van der Waals surface area contributed by atoms with Crippen LogP contribution in [0.5, 0.6) is 5.75 Å². The highest BCUT2D eigenvalue weighted by atomic mass is 16.5. The van der Waals surface area contributed by atoms with Crippen LogP contribution >= 0.6 is 0 Å². The molecule has 0 atom stereocenters. The number of amides is 2. The molecule has 5 nitrogen and oxygen atoms in total. The first-order valence-corrected chi connectivity index (χ1v) is 7.89. The standard InChI is InChI=1S/C19H21N3O2/c1-22-13-17(16-5-3-4-6-18(16)22)21-19(23)20-12-11-14-7-9-15(24-2)10-8-14/h3-10,13H,11-12H2,1-2H3,(H2,20,21,23). The average Bonchev–Trinajstić information content (AvgIpc) is 2.92. The number of hydrogen-bond donors (Lipinski definition) is 2. The van der Waals surface area contributed by atoms with Crippen LogP contribution in [0, 0.1) is 0 Å². The predicted molar refractivity (Wildman–Crippen MR) is 96.6 cm³/mol. The predicted octanol–water partition coefficient (Wildman–Crippen LogP) is 3.55. The average molecular weight is 323 g/mol. The second kappa shape index (κ2) is 7.08. The van der Waals surface area contributed by atoms with E-state index in [1.165, 1.54) is 0 Å². The summed E-state index contributed by atoms with van der Waals surface area (Å²) in [6.45, 7) is 0.572. The molecule has 5 heteroatoms. The summed E-state index contributed by atoms with van der Waals surface area (Å²) >= 11 is 0. The molecular formula is C19H21N3O2. The molecule has 0 aliphatic heterocycles. The van der Waals surface area contributed by atoms with E-state index in [2.05, 4.69) is 10.6 Å². The van der Waals surface area contributed by atoms with Gasteiger partial charge in [0.25, 0.3) is 0 Å². The van der Waals surface area contributed by atoms with Gasteiger partial charge in [-0.25, -0.2) is 4.79 Å². The van der Waals surface area contributed by atoms with E-state index in [9.17, 15) is 4.79 Å². The highest BCUT2D eigenvalue weighted by Gasteiger charge is 2.08. The number of aryl methyl sites for hydroxylation is 1. The Morgan fingerprint density at radius 1 is 1.12 bits per heavy atom. The molecule has 2 amide bonds. The molecule has 0 saturated heterocycles. The Balaban J connectivity index is 1.55. The number of hydrogen-bond acceptors (Lipinski definition) is 2. The third-order valence-electron chi connectivity index (χ3n) is 4.00. The van der Waals surface area contributed by atoms with Gasteiger partial charge in [-0.3, -0.25) is 0 Å². The first kappa shape index (κ1) is 15.9. The fourth-order valence-electron chi connectivity index (χ4n) is 2.72. The number of aromatic nitrogens is 1. The molecule has 2 N–H and O–H groups in total. The maximum atomic E-state index is 12.1. The lowest BCUT2D eigenvalue weighted by Gasteiger charge is -2.07. The van der Waals surface area contributed by atoms with Crippen molar-refractivity contribution < 1.29 is 9.53 Å². The quantitative estimate of drug-likeness (QED) is 0.754. The number of methoxy groups -OCH3 is 1. The first-order valence-electron chi connectivity index (χ1n) is 7.89. The van der Waals surface area contributed by atoms with Crippen molar-refractivity contribution in [1.82, 2.24) is 9.88 Å². The number of benzene rings is 2. The Labute approximate surface area is 141 Å². The van der Waals surface area contributed by atoms with Crippen molar-refractivity contribution in [2.75, 3.05) is 19.0 Å². The third-order valence-corrected chi connectivity index (χ3v) is 4.00. The summed E-state index contributed by atoms with van der Waals surface area (Å²) in [5.41, 5.74) is 3.06. The Kier molecular flexibility index (Phi) is 4.70. The molecule has 0 aliphatic rings. The topological polar surface area (TPSA) is 55.3 Å². The highest BCUT2D eigenvalue weighted by molar-refractivity contribution is 6.01. The molecule has 0 spiro atoms. The van der Waals surface area contributed by atoms with Gasteiger partial charge >= 0.3 is 6.03 Å². The third kappa shape index (κ3) is 3.51. The molecule has 3 rings (SSSR count). The second-order valence-electron chi connectivity index (χ2n) is 5.65. The molecule has 3 aromatic rings. The van der Waals surface area contributed by atoms with E-state index in [1.807, 2.05) is 66.3 Å². The van der Waals surface area contributed by atoms with Gasteiger partial charge in [0.05, 0.1) is 12.8 Å². The van der Waals surface area contributed by atoms with Crippen LogP contribution in [0.3, 0.4) is 0 Å². The zero-order chi connectivity index (χ0) is 16.9. The first-order chi connectivity index (χ1) is 11.7. The van der Waals surface area contributed by atoms with E-state index in [-0.39, 0.29) is 6.03 Å². The van der Waals surface area contributed by atoms with Crippen LogP contribution in [0.25, 0.3) is 10.9 Å². The van der Waals surface area contributed by atoms with E-state index >= 15 is 0 Å². The number of carbonyl (C=O) groups excluding carboxylic acids is 1. The van der Waals surface area contributed by atoms with Gasteiger partial charge in [0.1, 0.15) is 5.75 Å². The van der Waals surface area contributed by atoms with Crippen LogP contribution in [0.2, 0.25) is 0 Å². The molecule has 0 radical (unpaired) electrons. The van der Waals surface area contributed by atoms with Crippen LogP contribution in [-0.4, -0.2) is 24.3 Å². The van der Waals surface area contributed by atoms with Crippen LogP contribution < -0.4 is 15.4 Å². The van der Waals surface area contributed by atoms with Gasteiger partial charge in [0, 0.05) is 30.7 Å². The summed E-state index contributed by atoms with van der Waals surface area (Å²) in [6.07, 6.45) is 2.70. The summed E-state index contributed by atoms with van der Waals surface area (Å²) in [5.74, 6) is 0.834. The maximum absolute atomic E-state index is 12.1. The van der Waals surface area contributed by atoms with Crippen molar-refractivity contribution in [2.24, 2.45) is 7.05 Å². The second-order valence-corrected chi connectivity index (χ2v) is 5.65. The van der Waals surface area contributed by atoms with E-state index in [1.54, 1.807) is 7.11 Å². The van der Waals surface area contributed by atoms with E-state index in [0.717, 1.165) is 34.3 Å². The van der Waals surface area contributed by atoms with Gasteiger partial charge < -0.3 is 19.9 Å². The molecular weight excluding hydrogens is 302 g/mol. The number of nitrogens with zero attached hydrogens (tertiary/aromatic N) is 1. The van der Waals surface area contributed by atoms with Crippen molar-refractivity contribution in [1.29, 1.82) is 0 Å². The lowest BCUT2D eigenvalue weighted by atomic mass is 10.1. The summed E-state index contributed by atoms with van der Waals surface area (Å²) < 4.78 is 7.14. The van der Waals surface area contributed by atoms with Gasteiger partial charge in [-0.2, -0.15) is 0 Å². The molecule has 0 unspecified atom stereocenters. The molecule has 0 aliphatic carbocycles. The number of carbonyl (C=O) groups is 1. The Hall–Kier alpha value is -2.95. The molecule has 0 bridgehead atoms. The van der Waals surface area contributed by atoms with Gasteiger partial charge in [0.15, 0.2) is 0 Å². The Bertz CT molecular complexity index is 837. The molecule has 2 aromatic carbocycles. The summed E-state index contributed by atoms with van der Waals surface area (Å²) in [7, 11) is 3.61. The van der Waals surface area contributed by atoms with E-state index < -0.39 is 0 Å². The Morgan fingerprint density at radius 3 is 2.62 bits per heavy atom. The fourth-order valence-corrected chi connectivity index (χ4v) is 2.72. The minimum atomic E-state index is -0.195. The lowest BCUT2D eigenvalue weighted by molar-refractivity contribution is 0.252. The van der Waals surface area contributed by atoms with E-state index in [4.69, 9.17) is 4.74 Å². The van der Waals surface area contributed by atoms with Gasteiger partial charge in [-0.05, 0) is 30.2 Å². The van der Waals surface area contributed by atoms with Gasteiger partial charge in [0.2, 0.25) is 0 Å². The van der Waals surface area contributed by atoms with Gasteiger partial charge in [-0.15, -0.1) is 0 Å². The van der Waals surface area contributed by atoms with Crippen LogP contribution in [0.1, 0.15) is 5.56 Å². The normalized spacial score (nSPS) is 10.6. The maximum Gasteiger partial charge on any atom is 0.319 e. The number of anilines is 1. The molecule has 0 fully saturated rings. The largest absolute Gasteiger partial charge is 0.497 e. The summed E-state index contributed by atoms with van der Waals surface area (Å²) in [6, 6.07) is 15.6. The zero-order valence-electron chi connectivity index (χ0n) is 13.9. The molecule has 1 aromatic heterocycles. The van der Waals surface area contributed by atoms with Crippen molar-refractivity contribution in [2.45, 2.75) is 6.42 Å². The molecule has 124 valence electrons. The van der Waals surface area contributed by atoms with Crippen molar-refractivity contribution >= 4 is 22.6 Å². The summed E-state index contributed by atoms with van der Waals surface area (Å²) in [4.78, 5) is 12.1. The number of rotatable bonds is 5. The number of fused-ring (bicyclic) bond motifs is 1. The molecule has 24 heavy (non-hydrogen) atoms. The van der Waals surface area contributed by atoms with Crippen molar-refractivity contribution in [3.8, 4) is 5.75 Å². The number of urea groups is 1. The van der Waals surface area contributed by atoms with Crippen LogP contribution in [0.4, 0.5) is 10.5 Å². The zero-order valence-corrected chi connectivity index (χ0v) is 13.9.